The lowest BCUT2D eigenvalue weighted by Crippen LogP contribution is -2.50. The van der Waals surface area contributed by atoms with Gasteiger partial charge in [0.05, 0.1) is 65.1 Å². The summed E-state index contributed by atoms with van der Waals surface area (Å²) in [6.45, 7) is 4.35. The molecule has 12 fully saturated rings. The summed E-state index contributed by atoms with van der Waals surface area (Å²) in [6, 6.07) is 30.6. The maximum absolute atomic E-state index is 14.1. The molecule has 21 nitrogen and oxygen atoms in total. The standard InChI is InChI=1S/C30H42N4O3.C29H40N4O3.C23H30ClN3O.C7H13NO2.2ClH/c1-37-30(36)21-15-17-32(18-16-21)28-29(35)34(27-12-8-7-11-26(27)31-28)25-19-23-13-14-24(20-25)33(23)22-9-5-3-2-4-6-10-22;34-28-27(31-16-14-20(15-17-31)29(35)36)30-25-10-6-7-11-26(25)33(28)24-18-22-12-13-23(19-24)32(22)21-8-4-2-1-3-5-9-21;24-22-23(28)27(21-11-7-6-10-20(21)25-22)19-14-17-12-13-18(15-19)26(17)16-8-4-2-1-3-5-9-16;1-10-7(9)6-2-4-8-5-3-6;;/h7-8,11-12,21-25H,2-6,9-10,13-20H2,1H3;6-7,10-11,20-24H,1-5,8-9,12-19H2,(H,35,36);6-7,10-11,16-19H,1-5,8-9,12-15H2;6,8H,2-5H2,1H3;2*1H/t23-,24+,25?;22-,23+,24?;17-,18+,19?;;;. The smallest absolute Gasteiger partial charge is 0.308 e. The second-order valence-corrected chi connectivity index (χ2v) is 35.4. The minimum absolute atomic E-state index is 0. The average Bonchev–Trinajstić information content (AvgIpc) is 1.74. The highest BCUT2D eigenvalue weighted by Crippen LogP contribution is 2.48. The summed E-state index contributed by atoms with van der Waals surface area (Å²) >= 11 is 6.23. The fourth-order valence-electron chi connectivity index (χ4n) is 23.1. The lowest BCUT2D eigenvalue weighted by atomic mass is 9.89. The largest absolute Gasteiger partial charge is 0.481 e. The molecule has 3 aromatic carbocycles. The number of piperidine rings is 6. The number of nitrogens with one attached hydrogen (secondary N) is 1. The molecule has 18 rings (SSSR count). The quantitative estimate of drug-likeness (QED) is 0.115. The van der Waals surface area contributed by atoms with E-state index in [1.807, 2.05) is 76.2 Å². The van der Waals surface area contributed by atoms with Gasteiger partial charge in [-0.1, -0.05) is 144 Å². The predicted molar refractivity (Wildman–Crippen MR) is 454 cm³/mol. The number of hydrogen-bond acceptors (Lipinski definition) is 17. The Balaban J connectivity index is 0.000000139. The van der Waals surface area contributed by atoms with Crippen molar-refractivity contribution in [2.24, 2.45) is 17.8 Å². The molecule has 9 aliphatic heterocycles. The number of esters is 2. The van der Waals surface area contributed by atoms with Gasteiger partial charge in [0.15, 0.2) is 16.8 Å². The number of ether oxygens (including phenoxy) is 2. The van der Waals surface area contributed by atoms with Crippen molar-refractivity contribution in [2.75, 3.05) is 63.3 Å². The first-order chi connectivity index (χ1) is 54.3. The number of hydrogen-bond donors (Lipinski definition) is 2. The number of carbonyl (C=O) groups is 3. The van der Waals surface area contributed by atoms with Gasteiger partial charge in [0.25, 0.3) is 16.7 Å². The van der Waals surface area contributed by atoms with Crippen LogP contribution in [0.4, 0.5) is 11.6 Å². The Bertz CT molecular complexity index is 4280. The van der Waals surface area contributed by atoms with Gasteiger partial charge in [-0.25, -0.2) is 15.0 Å². The Hall–Kier alpha value is -6.20. The van der Waals surface area contributed by atoms with Gasteiger partial charge in [0.2, 0.25) is 0 Å². The van der Waals surface area contributed by atoms with Gasteiger partial charge in [-0.05, 0) is 204 Å². The topological polar surface area (TPSA) is 223 Å². The van der Waals surface area contributed by atoms with Gasteiger partial charge < -0.3 is 43.4 Å². The van der Waals surface area contributed by atoms with Gasteiger partial charge in [-0.15, -0.1) is 24.8 Å². The first kappa shape index (κ1) is 84.7. The van der Waals surface area contributed by atoms with Crippen molar-refractivity contribution in [1.29, 1.82) is 0 Å². The van der Waals surface area contributed by atoms with Crippen LogP contribution < -0.4 is 31.8 Å². The van der Waals surface area contributed by atoms with E-state index >= 15 is 0 Å². The van der Waals surface area contributed by atoms with E-state index in [4.69, 9.17) is 26.3 Å². The minimum Gasteiger partial charge on any atom is -0.481 e. The number of carboxylic acid groups (broad SMARTS) is 1. The van der Waals surface area contributed by atoms with E-state index < -0.39 is 5.97 Å². The highest BCUT2D eigenvalue weighted by atomic mass is 35.5. The molecular formula is C89H127Cl3N12O9. The predicted octanol–water partition coefficient (Wildman–Crippen LogP) is 16.4. The zero-order valence-electron chi connectivity index (χ0n) is 67.2. The van der Waals surface area contributed by atoms with Crippen LogP contribution in [0.3, 0.4) is 0 Å². The molecule has 3 saturated carbocycles. The van der Waals surface area contributed by atoms with Crippen LogP contribution >= 0.6 is 36.4 Å². The van der Waals surface area contributed by atoms with E-state index in [1.54, 1.807) is 0 Å². The van der Waals surface area contributed by atoms with Crippen LogP contribution in [0.1, 0.15) is 269 Å². The number of methoxy groups -OCH3 is 2. The monoisotopic (exact) mass is 1610 g/mol. The van der Waals surface area contributed by atoms with Crippen LogP contribution in [0.5, 0.6) is 0 Å². The number of halogens is 3. The number of para-hydroxylation sites is 6. The number of benzene rings is 3. The third-order valence-corrected chi connectivity index (χ3v) is 28.8. The summed E-state index contributed by atoms with van der Waals surface area (Å²) in [5, 5.41) is 12.7. The molecule has 3 unspecified atom stereocenters. The third kappa shape index (κ3) is 19.2. The zero-order chi connectivity index (χ0) is 76.5. The Morgan fingerprint density at radius 3 is 0.965 bits per heavy atom. The van der Waals surface area contributed by atoms with Crippen molar-refractivity contribution in [3.05, 3.63) is 109 Å². The number of nitrogens with zero attached hydrogens (tertiary/aromatic N) is 11. The van der Waals surface area contributed by atoms with Gasteiger partial charge in [0, 0.05) is 98.7 Å². The average molecular weight is 1620 g/mol. The lowest BCUT2D eigenvalue weighted by molar-refractivity contribution is -0.147. The molecular weight excluding hydrogens is 1490 g/mol. The summed E-state index contributed by atoms with van der Waals surface area (Å²) in [7, 11) is 2.90. The lowest BCUT2D eigenvalue weighted by Gasteiger charge is -2.45. The Labute approximate surface area is 685 Å². The Kier molecular flexibility index (Phi) is 29.9. The maximum atomic E-state index is 14.1. The summed E-state index contributed by atoms with van der Waals surface area (Å²) in [4.78, 5) is 102. The molecule has 113 heavy (non-hydrogen) atoms. The number of rotatable bonds is 11. The van der Waals surface area contributed by atoms with E-state index in [0.29, 0.717) is 99.7 Å². The van der Waals surface area contributed by atoms with Crippen LogP contribution in [-0.4, -0.2) is 174 Å². The second-order valence-electron chi connectivity index (χ2n) is 35.1. The van der Waals surface area contributed by atoms with E-state index in [-0.39, 0.29) is 94.5 Å². The molecule has 3 aliphatic carbocycles. The summed E-state index contributed by atoms with van der Waals surface area (Å²) in [5.41, 5.74) is 5.33. The van der Waals surface area contributed by atoms with Gasteiger partial charge in [-0.2, -0.15) is 0 Å². The number of anilines is 2. The number of aromatic nitrogens is 6. The zero-order valence-corrected chi connectivity index (χ0v) is 69.6. The molecule has 9 atom stereocenters. The molecule has 0 radical (unpaired) electrons. The van der Waals surface area contributed by atoms with Crippen molar-refractivity contribution in [3.8, 4) is 0 Å². The highest BCUT2D eigenvalue weighted by molar-refractivity contribution is 6.29. The molecule has 3 aromatic heterocycles. The number of aliphatic carboxylic acids is 1. The van der Waals surface area contributed by atoms with E-state index in [0.717, 1.165) is 116 Å². The second kappa shape index (κ2) is 39.8. The molecule has 2 N–H and O–H groups in total. The van der Waals surface area contributed by atoms with E-state index in [2.05, 4.69) is 49.8 Å². The molecule has 12 aliphatic rings. The Morgan fingerprint density at radius 2 is 0.646 bits per heavy atom. The van der Waals surface area contributed by atoms with E-state index in [9.17, 15) is 33.9 Å². The van der Waals surface area contributed by atoms with Gasteiger partial charge >= 0.3 is 17.9 Å². The molecule has 9 saturated heterocycles. The molecule has 0 spiro atoms. The van der Waals surface area contributed by atoms with Gasteiger partial charge in [0.1, 0.15) is 0 Å². The number of carbonyl (C=O) groups excluding carboxylic acids is 2. The van der Waals surface area contributed by atoms with Crippen molar-refractivity contribution in [2.45, 2.75) is 323 Å². The molecule has 0 amide bonds. The number of carboxylic acids is 1. The SMILES string of the molecule is COC(=O)C1CCN(c2nc3ccccc3n(C3C[C@H]4CC[C@@H](C3)N4C3CCCCCCC3)c2=O)CC1.COC(=O)C1CCNCC1.Cl.Cl.O=C(O)C1CCN(c2nc3ccccc3n(C3C[C@H]4CC[C@@H](C3)N4C3CCCCCCC3)c2=O)CC1.O=c1c(Cl)nc2ccccc2n1C1C[C@H]2CC[C@@H](C1)N2C1CCCCCCC1. The van der Waals surface area contributed by atoms with Crippen molar-refractivity contribution in [3.63, 3.8) is 0 Å². The summed E-state index contributed by atoms with van der Waals surface area (Å²) in [6.07, 6.45) is 47.2. The van der Waals surface area contributed by atoms with Crippen LogP contribution in [0.2, 0.25) is 5.15 Å². The van der Waals surface area contributed by atoms with Crippen molar-refractivity contribution < 1.29 is 29.0 Å². The van der Waals surface area contributed by atoms with Crippen LogP contribution in [0, 0.1) is 17.8 Å². The summed E-state index contributed by atoms with van der Waals surface area (Å²) in [5.74, 6) is -0.133. The van der Waals surface area contributed by atoms with Crippen LogP contribution in [0.25, 0.3) is 33.1 Å². The molecule has 6 aromatic rings. The molecule has 618 valence electrons. The van der Waals surface area contributed by atoms with E-state index in [1.165, 1.54) is 188 Å². The highest BCUT2D eigenvalue weighted by Gasteiger charge is 2.48. The van der Waals surface area contributed by atoms with Crippen molar-refractivity contribution in [1.82, 2.24) is 48.7 Å². The fraction of sp³-hybridized carbons (Fsp3) is 0.697. The van der Waals surface area contributed by atoms with Crippen LogP contribution in [-0.2, 0) is 23.9 Å². The first-order valence-corrected chi connectivity index (χ1v) is 44.3. The van der Waals surface area contributed by atoms with Crippen LogP contribution in [0.15, 0.2) is 87.2 Å². The van der Waals surface area contributed by atoms with Gasteiger partial charge in [-0.3, -0.25) is 43.5 Å². The fourth-order valence-corrected chi connectivity index (χ4v) is 23.3. The summed E-state index contributed by atoms with van der Waals surface area (Å²) < 4.78 is 15.7. The van der Waals surface area contributed by atoms with Crippen molar-refractivity contribution >= 4 is 99.1 Å². The molecule has 12 heterocycles. The number of fused-ring (bicyclic) bond motifs is 9. The minimum atomic E-state index is -0.731. The first-order valence-electron chi connectivity index (χ1n) is 43.9. The molecule has 24 heteroatoms. The normalized spacial score (nSPS) is 27.6. The maximum Gasteiger partial charge on any atom is 0.308 e. The molecule has 6 bridgehead atoms. The Morgan fingerprint density at radius 1 is 0.363 bits per heavy atom. The third-order valence-electron chi connectivity index (χ3n) is 28.5.